The Morgan fingerprint density at radius 2 is 1.88 bits per heavy atom. The third-order valence-electron chi connectivity index (χ3n) is 0.611. The largest absolute Gasteiger partial charge is 0.396 e. The van der Waals surface area contributed by atoms with Crippen LogP contribution in [-0.4, -0.2) is 11.6 Å². The summed E-state index contributed by atoms with van der Waals surface area (Å²) in [7, 11) is 0. The summed E-state index contributed by atoms with van der Waals surface area (Å²) in [5.41, 5.74) is 4.68. The Balaban J connectivity index is 4.05. The maximum atomic E-state index is 10.3. The molecule has 0 radical (unpaired) electrons. The van der Waals surface area contributed by atoms with Crippen molar-refractivity contribution in [3.05, 3.63) is 12.3 Å². The summed E-state index contributed by atoms with van der Waals surface area (Å²) < 4.78 is 0. The lowest BCUT2D eigenvalue weighted by atomic mass is 10.2. The van der Waals surface area contributed by atoms with Gasteiger partial charge in [-0.15, -0.1) is 0 Å². The molecule has 3 heteroatoms. The molecule has 0 fully saturated rings. The first-order chi connectivity index (χ1) is 3.55. The van der Waals surface area contributed by atoms with Crippen LogP contribution in [0.1, 0.15) is 6.92 Å². The summed E-state index contributed by atoms with van der Waals surface area (Å²) in [6.07, 6.45) is 0. The zero-order valence-corrected chi connectivity index (χ0v) is 4.60. The van der Waals surface area contributed by atoms with Crippen LogP contribution in [0.15, 0.2) is 12.3 Å². The highest BCUT2D eigenvalue weighted by molar-refractivity contribution is 6.42. The second kappa shape index (κ2) is 2.26. The Bertz CT molecular complexity index is 133. The highest BCUT2D eigenvalue weighted by atomic mass is 16.2. The number of hydrogen-bond acceptors (Lipinski definition) is 3. The van der Waals surface area contributed by atoms with E-state index in [-0.39, 0.29) is 5.70 Å². The van der Waals surface area contributed by atoms with Crippen molar-refractivity contribution in [3.63, 3.8) is 0 Å². The lowest BCUT2D eigenvalue weighted by Gasteiger charge is -1.88. The number of carbonyl (C=O) groups excluding carboxylic acids is 2. The van der Waals surface area contributed by atoms with E-state index in [0.29, 0.717) is 0 Å². The summed E-state index contributed by atoms with van der Waals surface area (Å²) in [5, 5.41) is 0. The summed E-state index contributed by atoms with van der Waals surface area (Å²) in [4.78, 5) is 20.4. The molecule has 3 nitrogen and oxygen atoms in total. The second-order valence-corrected chi connectivity index (χ2v) is 1.41. The molecule has 0 aliphatic carbocycles. The van der Waals surface area contributed by atoms with Crippen LogP contribution in [0.4, 0.5) is 0 Å². The lowest BCUT2D eigenvalue weighted by molar-refractivity contribution is -0.133. The van der Waals surface area contributed by atoms with E-state index < -0.39 is 11.6 Å². The highest BCUT2D eigenvalue weighted by Crippen LogP contribution is 1.81. The first-order valence-corrected chi connectivity index (χ1v) is 2.05. The maximum Gasteiger partial charge on any atom is 0.243 e. The van der Waals surface area contributed by atoms with Gasteiger partial charge < -0.3 is 5.73 Å². The fourth-order valence-corrected chi connectivity index (χ4v) is 0.226. The molecule has 0 bridgehead atoms. The molecule has 0 aliphatic rings. The van der Waals surface area contributed by atoms with Crippen LogP contribution in [0.25, 0.3) is 0 Å². The topological polar surface area (TPSA) is 60.2 Å². The minimum atomic E-state index is -0.704. The lowest BCUT2D eigenvalue weighted by Crippen LogP contribution is -2.16. The van der Waals surface area contributed by atoms with Crippen molar-refractivity contribution in [3.8, 4) is 0 Å². The van der Waals surface area contributed by atoms with Gasteiger partial charge in [-0.2, -0.15) is 0 Å². The van der Waals surface area contributed by atoms with E-state index in [4.69, 9.17) is 5.73 Å². The van der Waals surface area contributed by atoms with Gasteiger partial charge in [0, 0.05) is 6.92 Å². The van der Waals surface area contributed by atoms with E-state index >= 15 is 0 Å². The minimum Gasteiger partial charge on any atom is -0.396 e. The molecule has 0 atom stereocenters. The number of nitrogens with two attached hydrogens (primary N) is 1. The first-order valence-electron chi connectivity index (χ1n) is 2.05. The van der Waals surface area contributed by atoms with Crippen LogP contribution < -0.4 is 5.73 Å². The van der Waals surface area contributed by atoms with Gasteiger partial charge >= 0.3 is 0 Å². The number of ketones is 2. The van der Waals surface area contributed by atoms with Crippen molar-refractivity contribution < 1.29 is 9.59 Å². The predicted molar refractivity (Wildman–Crippen MR) is 29.0 cm³/mol. The molecule has 0 unspecified atom stereocenters. The zero-order valence-electron chi connectivity index (χ0n) is 4.60. The van der Waals surface area contributed by atoms with E-state index in [9.17, 15) is 9.59 Å². The summed E-state index contributed by atoms with van der Waals surface area (Å²) >= 11 is 0. The predicted octanol–water partition coefficient (Wildman–Crippen LogP) is -0.383. The fourth-order valence-electron chi connectivity index (χ4n) is 0.226. The van der Waals surface area contributed by atoms with Crippen molar-refractivity contribution in [1.82, 2.24) is 0 Å². The number of Topliss-reactive ketones (excluding diaryl/α,β-unsaturated/α-hetero) is 2. The Morgan fingerprint density at radius 3 is 1.88 bits per heavy atom. The zero-order chi connectivity index (χ0) is 6.73. The molecule has 8 heavy (non-hydrogen) atoms. The average Bonchev–Trinajstić information content (AvgIpc) is 1.64. The van der Waals surface area contributed by atoms with Gasteiger partial charge in [0.1, 0.15) is 0 Å². The van der Waals surface area contributed by atoms with Gasteiger partial charge in [0.2, 0.25) is 11.6 Å². The molecule has 0 aromatic carbocycles. The van der Waals surface area contributed by atoms with Crippen LogP contribution in [-0.2, 0) is 9.59 Å². The van der Waals surface area contributed by atoms with Crippen LogP contribution in [0, 0.1) is 0 Å². The molecule has 0 aromatic heterocycles. The van der Waals surface area contributed by atoms with Crippen LogP contribution >= 0.6 is 0 Å². The van der Waals surface area contributed by atoms with Crippen LogP contribution in [0.2, 0.25) is 0 Å². The Kier molecular flexibility index (Phi) is 1.94. The van der Waals surface area contributed by atoms with Crippen molar-refractivity contribution in [2.75, 3.05) is 0 Å². The van der Waals surface area contributed by atoms with E-state index in [2.05, 4.69) is 6.58 Å². The fraction of sp³-hybridized carbons (Fsp3) is 0.200. The molecule has 0 saturated heterocycles. The monoisotopic (exact) mass is 113 g/mol. The van der Waals surface area contributed by atoms with E-state index in [1.165, 1.54) is 0 Å². The van der Waals surface area contributed by atoms with Crippen molar-refractivity contribution >= 4 is 11.6 Å². The third-order valence-corrected chi connectivity index (χ3v) is 0.611. The molecule has 0 aromatic rings. The molecule has 0 amide bonds. The normalized spacial score (nSPS) is 8.12. The molecule has 0 heterocycles. The van der Waals surface area contributed by atoms with Gasteiger partial charge in [0.25, 0.3) is 0 Å². The molecule has 0 spiro atoms. The number of rotatable bonds is 2. The van der Waals surface area contributed by atoms with Gasteiger partial charge in [0.05, 0.1) is 5.70 Å². The number of allylic oxidation sites excluding steroid dienone is 1. The Hall–Kier alpha value is -1.12. The molecule has 0 saturated carbocycles. The minimum absolute atomic E-state index is 0.197. The molecule has 44 valence electrons. The highest BCUT2D eigenvalue weighted by Gasteiger charge is 2.06. The maximum absolute atomic E-state index is 10.3. The summed E-state index contributed by atoms with van der Waals surface area (Å²) in [6.45, 7) is 4.24. The molecule has 0 aliphatic heterocycles. The molecule has 0 rings (SSSR count). The van der Waals surface area contributed by atoms with Gasteiger partial charge in [-0.25, -0.2) is 0 Å². The second-order valence-electron chi connectivity index (χ2n) is 1.41. The van der Waals surface area contributed by atoms with Crippen LogP contribution in [0.3, 0.4) is 0 Å². The van der Waals surface area contributed by atoms with E-state index in [0.717, 1.165) is 6.92 Å². The van der Waals surface area contributed by atoms with E-state index in [1.54, 1.807) is 0 Å². The molecule has 2 N–H and O–H groups in total. The Labute approximate surface area is 47.2 Å². The van der Waals surface area contributed by atoms with Gasteiger partial charge in [-0.3, -0.25) is 9.59 Å². The molecular formula is C5H7NO2. The molecular weight excluding hydrogens is 106 g/mol. The van der Waals surface area contributed by atoms with Gasteiger partial charge in [-0.1, -0.05) is 6.58 Å². The smallest absolute Gasteiger partial charge is 0.243 e. The van der Waals surface area contributed by atoms with Crippen molar-refractivity contribution in [2.24, 2.45) is 5.73 Å². The van der Waals surface area contributed by atoms with Gasteiger partial charge in [-0.05, 0) is 0 Å². The summed E-state index contributed by atoms with van der Waals surface area (Å²) in [5.74, 6) is -1.28. The summed E-state index contributed by atoms with van der Waals surface area (Å²) in [6, 6.07) is 0. The van der Waals surface area contributed by atoms with Crippen molar-refractivity contribution in [1.29, 1.82) is 0 Å². The SMILES string of the molecule is C=C(N)C(=O)C(C)=O. The third kappa shape index (κ3) is 1.55. The van der Waals surface area contributed by atoms with Crippen molar-refractivity contribution in [2.45, 2.75) is 6.92 Å². The number of carbonyl (C=O) groups is 2. The quantitative estimate of drug-likeness (QED) is 0.392. The standard InChI is InChI=1S/C5H7NO2/c1-3(6)5(8)4(2)7/h1,6H2,2H3. The number of hydrogen-bond donors (Lipinski definition) is 1. The van der Waals surface area contributed by atoms with Gasteiger partial charge in [0.15, 0.2) is 0 Å². The first kappa shape index (κ1) is 6.88. The average molecular weight is 113 g/mol. The Morgan fingerprint density at radius 1 is 1.50 bits per heavy atom. The van der Waals surface area contributed by atoms with E-state index in [1.807, 2.05) is 0 Å². The van der Waals surface area contributed by atoms with Crippen LogP contribution in [0.5, 0.6) is 0 Å².